The maximum atomic E-state index is 11.4. The Morgan fingerprint density at radius 1 is 1.29 bits per heavy atom. The minimum absolute atomic E-state index is 0.186. The monoisotopic (exact) mass is 216 g/mol. The lowest BCUT2D eigenvalue weighted by atomic mass is 10.3. The fraction of sp³-hybridized carbons (Fsp3) is 0.250. The first-order valence-electron chi connectivity index (χ1n) is 4.00. The fourth-order valence-electron chi connectivity index (χ4n) is 0.997. The Bertz CT molecular complexity index is 386. The molecule has 0 aliphatic heterocycles. The normalized spacial score (nSPS) is 11.3. The number of anilines is 1. The largest absolute Gasteiger partial charge is 0.395 e. The summed E-state index contributed by atoms with van der Waals surface area (Å²) in [7, 11) is -3.35. The topological polar surface area (TPSA) is 92.4 Å². The molecule has 14 heavy (non-hydrogen) atoms. The molecule has 0 amide bonds. The Morgan fingerprint density at radius 2 is 1.86 bits per heavy atom. The van der Waals surface area contributed by atoms with E-state index < -0.39 is 9.84 Å². The molecule has 1 aromatic rings. The molecular formula is C8H12N2O3S. The average Bonchev–Trinajstić information content (AvgIpc) is 2.18. The number of nitrogens with one attached hydrogen (secondary N) is 1. The first-order chi connectivity index (χ1) is 6.60. The second-order valence-corrected chi connectivity index (χ2v) is 4.82. The van der Waals surface area contributed by atoms with E-state index in [2.05, 4.69) is 5.43 Å². The molecule has 1 rings (SSSR count). The van der Waals surface area contributed by atoms with Gasteiger partial charge in [-0.15, -0.1) is 0 Å². The average molecular weight is 216 g/mol. The molecule has 0 radical (unpaired) electrons. The molecule has 5 nitrogen and oxygen atoms in total. The van der Waals surface area contributed by atoms with Crippen LogP contribution in [-0.2, 0) is 9.84 Å². The summed E-state index contributed by atoms with van der Waals surface area (Å²) in [5.74, 6) is 4.87. The second kappa shape index (κ2) is 4.41. The molecule has 4 N–H and O–H groups in total. The van der Waals surface area contributed by atoms with Crippen molar-refractivity contribution in [2.24, 2.45) is 5.84 Å². The molecular weight excluding hydrogens is 204 g/mol. The fourth-order valence-corrected chi connectivity index (χ4v) is 2.02. The molecule has 0 fully saturated rings. The number of benzene rings is 1. The molecule has 0 atom stereocenters. The Labute approximate surface area is 82.4 Å². The molecule has 0 spiro atoms. The van der Waals surface area contributed by atoms with E-state index in [1.807, 2.05) is 0 Å². The highest BCUT2D eigenvalue weighted by Crippen LogP contribution is 2.14. The number of hydrogen-bond acceptors (Lipinski definition) is 5. The molecule has 0 bridgehead atoms. The van der Waals surface area contributed by atoms with Gasteiger partial charge in [0.25, 0.3) is 0 Å². The van der Waals surface area contributed by atoms with Gasteiger partial charge in [-0.1, -0.05) is 0 Å². The highest BCUT2D eigenvalue weighted by molar-refractivity contribution is 7.91. The van der Waals surface area contributed by atoms with Crippen molar-refractivity contribution in [3.63, 3.8) is 0 Å². The van der Waals surface area contributed by atoms with Gasteiger partial charge in [-0.2, -0.15) is 0 Å². The highest BCUT2D eigenvalue weighted by atomic mass is 32.2. The number of hydrazine groups is 1. The Balaban J connectivity index is 2.97. The SMILES string of the molecule is NNc1ccc(S(=O)(=O)CCO)cc1. The van der Waals surface area contributed by atoms with Crippen LogP contribution in [0.15, 0.2) is 29.2 Å². The van der Waals surface area contributed by atoms with E-state index in [0.717, 1.165) is 0 Å². The summed E-state index contributed by atoms with van der Waals surface area (Å²) in [6.45, 7) is -0.376. The van der Waals surface area contributed by atoms with Crippen molar-refractivity contribution in [1.29, 1.82) is 0 Å². The second-order valence-electron chi connectivity index (χ2n) is 2.71. The molecule has 0 unspecified atom stereocenters. The van der Waals surface area contributed by atoms with E-state index in [0.29, 0.717) is 5.69 Å². The van der Waals surface area contributed by atoms with Crippen LogP contribution in [0.5, 0.6) is 0 Å². The lowest BCUT2D eigenvalue weighted by Gasteiger charge is -2.03. The lowest BCUT2D eigenvalue weighted by molar-refractivity contribution is 0.319. The summed E-state index contributed by atoms with van der Waals surface area (Å²) < 4.78 is 22.8. The first-order valence-corrected chi connectivity index (χ1v) is 5.65. The van der Waals surface area contributed by atoms with Crippen molar-refractivity contribution in [1.82, 2.24) is 0 Å². The predicted octanol–water partition coefficient (Wildman–Crippen LogP) is -0.262. The number of aliphatic hydroxyl groups is 1. The van der Waals surface area contributed by atoms with Gasteiger partial charge in [-0.05, 0) is 24.3 Å². The van der Waals surface area contributed by atoms with Crippen LogP contribution in [0.2, 0.25) is 0 Å². The Hall–Kier alpha value is -1.11. The lowest BCUT2D eigenvalue weighted by Crippen LogP contribution is -2.11. The molecule has 0 heterocycles. The summed E-state index contributed by atoms with van der Waals surface area (Å²) >= 11 is 0. The third-order valence-electron chi connectivity index (χ3n) is 1.74. The van der Waals surface area contributed by atoms with E-state index in [1.54, 1.807) is 12.1 Å². The van der Waals surface area contributed by atoms with Crippen LogP contribution in [0.25, 0.3) is 0 Å². The van der Waals surface area contributed by atoms with Gasteiger partial charge in [0.1, 0.15) is 0 Å². The van der Waals surface area contributed by atoms with Crippen molar-refractivity contribution in [3.05, 3.63) is 24.3 Å². The van der Waals surface area contributed by atoms with Crippen LogP contribution >= 0.6 is 0 Å². The van der Waals surface area contributed by atoms with E-state index >= 15 is 0 Å². The van der Waals surface area contributed by atoms with E-state index in [1.165, 1.54) is 12.1 Å². The molecule has 0 aliphatic rings. The summed E-state index contributed by atoms with van der Waals surface area (Å²) in [6, 6.07) is 6.01. The summed E-state index contributed by atoms with van der Waals surface area (Å²) in [4.78, 5) is 0.186. The molecule has 0 saturated heterocycles. The Morgan fingerprint density at radius 3 is 2.29 bits per heavy atom. The number of rotatable bonds is 4. The first kappa shape index (κ1) is 11.0. The molecule has 0 aromatic heterocycles. The molecule has 1 aromatic carbocycles. The summed E-state index contributed by atoms with van der Waals surface area (Å²) in [5.41, 5.74) is 3.03. The summed E-state index contributed by atoms with van der Waals surface area (Å²) in [6.07, 6.45) is 0. The smallest absolute Gasteiger partial charge is 0.180 e. The maximum Gasteiger partial charge on any atom is 0.180 e. The number of aliphatic hydroxyl groups excluding tert-OH is 1. The van der Waals surface area contributed by atoms with E-state index in [9.17, 15) is 8.42 Å². The molecule has 0 saturated carbocycles. The van der Waals surface area contributed by atoms with Gasteiger partial charge in [0, 0.05) is 5.69 Å². The van der Waals surface area contributed by atoms with Gasteiger partial charge >= 0.3 is 0 Å². The van der Waals surface area contributed by atoms with Crippen LogP contribution in [0, 0.1) is 0 Å². The quantitative estimate of drug-likeness (QED) is 0.476. The van der Waals surface area contributed by atoms with Gasteiger partial charge in [-0.25, -0.2) is 8.42 Å². The standard InChI is InChI=1S/C8H12N2O3S/c9-10-7-1-3-8(4-2-7)14(12,13)6-5-11/h1-4,10-11H,5-6,9H2. The number of hydrogen-bond donors (Lipinski definition) is 3. The van der Waals surface area contributed by atoms with Crippen molar-refractivity contribution < 1.29 is 13.5 Å². The van der Waals surface area contributed by atoms with E-state index in [4.69, 9.17) is 10.9 Å². The van der Waals surface area contributed by atoms with Crippen molar-refractivity contribution in [2.45, 2.75) is 4.90 Å². The number of nitrogens with two attached hydrogens (primary N) is 1. The minimum atomic E-state index is -3.35. The van der Waals surface area contributed by atoms with Crippen LogP contribution in [0.3, 0.4) is 0 Å². The minimum Gasteiger partial charge on any atom is -0.395 e. The van der Waals surface area contributed by atoms with Gasteiger partial charge in [0.2, 0.25) is 0 Å². The van der Waals surface area contributed by atoms with Crippen LogP contribution in [0.1, 0.15) is 0 Å². The maximum absolute atomic E-state index is 11.4. The predicted molar refractivity (Wildman–Crippen MR) is 53.4 cm³/mol. The van der Waals surface area contributed by atoms with Gasteiger partial charge < -0.3 is 10.5 Å². The zero-order chi connectivity index (χ0) is 10.6. The summed E-state index contributed by atoms with van der Waals surface area (Å²) in [5, 5.41) is 8.55. The van der Waals surface area contributed by atoms with Gasteiger partial charge in [0.05, 0.1) is 17.3 Å². The number of nitrogen functional groups attached to an aromatic ring is 1. The third-order valence-corrected chi connectivity index (χ3v) is 3.45. The molecule has 78 valence electrons. The van der Waals surface area contributed by atoms with E-state index in [-0.39, 0.29) is 17.3 Å². The van der Waals surface area contributed by atoms with Gasteiger partial charge in [-0.3, -0.25) is 5.84 Å². The van der Waals surface area contributed by atoms with Crippen LogP contribution < -0.4 is 11.3 Å². The van der Waals surface area contributed by atoms with Crippen LogP contribution in [0.4, 0.5) is 5.69 Å². The van der Waals surface area contributed by atoms with Crippen LogP contribution in [-0.4, -0.2) is 25.9 Å². The van der Waals surface area contributed by atoms with Crippen molar-refractivity contribution in [2.75, 3.05) is 17.8 Å². The Kier molecular flexibility index (Phi) is 3.45. The zero-order valence-corrected chi connectivity index (χ0v) is 8.29. The zero-order valence-electron chi connectivity index (χ0n) is 7.47. The molecule has 6 heteroatoms. The van der Waals surface area contributed by atoms with Gasteiger partial charge in [0.15, 0.2) is 9.84 Å². The number of sulfone groups is 1. The van der Waals surface area contributed by atoms with Crippen molar-refractivity contribution in [3.8, 4) is 0 Å². The third kappa shape index (κ3) is 2.44. The van der Waals surface area contributed by atoms with Crippen molar-refractivity contribution >= 4 is 15.5 Å². The highest BCUT2D eigenvalue weighted by Gasteiger charge is 2.12. The molecule has 0 aliphatic carbocycles.